The summed E-state index contributed by atoms with van der Waals surface area (Å²) in [6.07, 6.45) is 2.74. The molecule has 2 aromatic rings. The fraction of sp³-hybridized carbons (Fsp3) is 0.278. The van der Waals surface area contributed by atoms with E-state index in [1.165, 1.54) is 11.1 Å². The third kappa shape index (κ3) is 3.78. The molecule has 0 unspecified atom stereocenters. The van der Waals surface area contributed by atoms with E-state index in [4.69, 9.17) is 0 Å². The van der Waals surface area contributed by atoms with Crippen LogP contribution in [0.3, 0.4) is 0 Å². The smallest absolute Gasteiger partial charge is 0.167 e. The minimum absolute atomic E-state index is 0.184. The zero-order valence-electron chi connectivity index (χ0n) is 11.6. The third-order valence-electron chi connectivity index (χ3n) is 3.30. The van der Waals surface area contributed by atoms with E-state index in [2.05, 4.69) is 31.2 Å². The number of rotatable bonds is 5. The predicted octanol–water partition coefficient (Wildman–Crippen LogP) is 4.37. The van der Waals surface area contributed by atoms with Gasteiger partial charge in [-0.25, -0.2) is 0 Å². The Morgan fingerprint density at radius 3 is 2.05 bits per heavy atom. The molecular formula is C18H20O. The summed E-state index contributed by atoms with van der Waals surface area (Å²) in [7, 11) is 0. The number of benzene rings is 2. The van der Waals surface area contributed by atoms with Gasteiger partial charge in [-0.2, -0.15) is 0 Å². The summed E-state index contributed by atoms with van der Waals surface area (Å²) in [5.74, 6) is 0.184. The molecule has 0 bridgehead atoms. The Labute approximate surface area is 115 Å². The van der Waals surface area contributed by atoms with Crippen molar-refractivity contribution in [3.63, 3.8) is 0 Å². The Kier molecular flexibility index (Phi) is 4.51. The van der Waals surface area contributed by atoms with E-state index >= 15 is 0 Å². The summed E-state index contributed by atoms with van der Waals surface area (Å²) >= 11 is 0. The molecule has 0 spiro atoms. The lowest BCUT2D eigenvalue weighted by Crippen LogP contribution is -2.03. The lowest BCUT2D eigenvalue weighted by molar-refractivity contribution is 0.0993. The van der Waals surface area contributed by atoms with Crippen LogP contribution in [0.25, 0.3) is 0 Å². The first kappa shape index (κ1) is 13.5. The van der Waals surface area contributed by atoms with Crippen molar-refractivity contribution in [1.29, 1.82) is 0 Å². The number of carbonyl (C=O) groups is 1. The quantitative estimate of drug-likeness (QED) is 0.722. The number of hydrogen-bond donors (Lipinski definition) is 0. The fourth-order valence-electron chi connectivity index (χ4n) is 2.14. The van der Waals surface area contributed by atoms with Gasteiger partial charge in [0, 0.05) is 12.0 Å². The summed E-state index contributed by atoms with van der Waals surface area (Å²) in [6, 6.07) is 16.2. The minimum atomic E-state index is 0.184. The molecule has 1 heteroatoms. The van der Waals surface area contributed by atoms with Crippen molar-refractivity contribution in [1.82, 2.24) is 0 Å². The lowest BCUT2D eigenvalue weighted by Gasteiger charge is -2.04. The van der Waals surface area contributed by atoms with Crippen LogP contribution in [0.1, 0.15) is 40.4 Å². The summed E-state index contributed by atoms with van der Waals surface area (Å²) in [5, 5.41) is 0. The standard InChI is InChI=1S/C18H20O/c1-3-4-15-7-9-16(10-8-15)13-18(19)17-11-5-14(2)6-12-17/h5-12H,3-4,13H2,1-2H3. The zero-order valence-corrected chi connectivity index (χ0v) is 11.6. The maximum Gasteiger partial charge on any atom is 0.167 e. The van der Waals surface area contributed by atoms with E-state index in [-0.39, 0.29) is 5.78 Å². The molecule has 0 aliphatic heterocycles. The highest BCUT2D eigenvalue weighted by atomic mass is 16.1. The molecule has 0 saturated heterocycles. The molecule has 0 radical (unpaired) electrons. The molecule has 2 aromatic carbocycles. The molecule has 0 amide bonds. The molecule has 0 atom stereocenters. The van der Waals surface area contributed by atoms with Crippen molar-refractivity contribution in [3.05, 3.63) is 70.8 Å². The average molecular weight is 252 g/mol. The van der Waals surface area contributed by atoms with E-state index in [1.807, 2.05) is 31.2 Å². The van der Waals surface area contributed by atoms with Gasteiger partial charge in [0.15, 0.2) is 5.78 Å². The Morgan fingerprint density at radius 2 is 1.47 bits per heavy atom. The van der Waals surface area contributed by atoms with Crippen LogP contribution in [0, 0.1) is 6.92 Å². The van der Waals surface area contributed by atoms with Crippen molar-refractivity contribution in [3.8, 4) is 0 Å². The number of ketones is 1. The summed E-state index contributed by atoms with van der Waals surface area (Å²) in [6.45, 7) is 4.20. The molecule has 19 heavy (non-hydrogen) atoms. The maximum absolute atomic E-state index is 12.1. The minimum Gasteiger partial charge on any atom is -0.294 e. The number of hydrogen-bond acceptors (Lipinski definition) is 1. The largest absolute Gasteiger partial charge is 0.294 e. The third-order valence-corrected chi connectivity index (χ3v) is 3.30. The highest BCUT2D eigenvalue weighted by molar-refractivity contribution is 5.97. The van der Waals surface area contributed by atoms with Gasteiger partial charge in [0.25, 0.3) is 0 Å². The van der Waals surface area contributed by atoms with Gasteiger partial charge >= 0.3 is 0 Å². The SMILES string of the molecule is CCCc1ccc(CC(=O)c2ccc(C)cc2)cc1. The van der Waals surface area contributed by atoms with Gasteiger partial charge in [-0.05, 0) is 24.5 Å². The lowest BCUT2D eigenvalue weighted by atomic mass is 10.0. The predicted molar refractivity (Wildman–Crippen MR) is 79.7 cm³/mol. The van der Waals surface area contributed by atoms with Crippen LogP contribution in [-0.2, 0) is 12.8 Å². The molecule has 2 rings (SSSR count). The molecule has 0 aliphatic rings. The Bertz CT molecular complexity index is 535. The van der Waals surface area contributed by atoms with E-state index in [0.29, 0.717) is 6.42 Å². The van der Waals surface area contributed by atoms with E-state index in [9.17, 15) is 4.79 Å². The Hall–Kier alpha value is -1.89. The van der Waals surface area contributed by atoms with Gasteiger partial charge in [-0.15, -0.1) is 0 Å². The van der Waals surface area contributed by atoms with Crippen LogP contribution >= 0.6 is 0 Å². The maximum atomic E-state index is 12.1. The molecule has 1 nitrogen and oxygen atoms in total. The highest BCUT2D eigenvalue weighted by Crippen LogP contribution is 2.11. The number of carbonyl (C=O) groups excluding carboxylic acids is 1. The Morgan fingerprint density at radius 1 is 0.895 bits per heavy atom. The van der Waals surface area contributed by atoms with Crippen LogP contribution < -0.4 is 0 Å². The first-order valence-corrected chi connectivity index (χ1v) is 6.86. The van der Waals surface area contributed by atoms with Crippen LogP contribution in [-0.4, -0.2) is 5.78 Å². The number of Topliss-reactive ketones (excluding diaryl/α,β-unsaturated/α-hetero) is 1. The van der Waals surface area contributed by atoms with Crippen molar-refractivity contribution in [2.75, 3.05) is 0 Å². The molecule has 98 valence electrons. The normalized spacial score (nSPS) is 10.4. The summed E-state index contributed by atoms with van der Waals surface area (Å²) in [5.41, 5.74) is 4.41. The van der Waals surface area contributed by atoms with Crippen molar-refractivity contribution >= 4 is 5.78 Å². The first-order chi connectivity index (χ1) is 9.19. The van der Waals surface area contributed by atoms with Crippen molar-refractivity contribution in [2.45, 2.75) is 33.1 Å². The van der Waals surface area contributed by atoms with Gasteiger partial charge in [0.05, 0.1) is 0 Å². The van der Waals surface area contributed by atoms with Crippen molar-refractivity contribution in [2.24, 2.45) is 0 Å². The molecule has 0 heterocycles. The highest BCUT2D eigenvalue weighted by Gasteiger charge is 2.06. The topological polar surface area (TPSA) is 17.1 Å². The summed E-state index contributed by atoms with van der Waals surface area (Å²) < 4.78 is 0. The second-order valence-corrected chi connectivity index (χ2v) is 5.03. The second-order valence-electron chi connectivity index (χ2n) is 5.03. The monoisotopic (exact) mass is 252 g/mol. The van der Waals surface area contributed by atoms with E-state index < -0.39 is 0 Å². The van der Waals surface area contributed by atoms with Gasteiger partial charge in [-0.1, -0.05) is 67.4 Å². The van der Waals surface area contributed by atoms with Crippen LogP contribution in [0.2, 0.25) is 0 Å². The molecule has 0 aliphatic carbocycles. The van der Waals surface area contributed by atoms with Crippen LogP contribution in [0.4, 0.5) is 0 Å². The van der Waals surface area contributed by atoms with E-state index in [0.717, 1.165) is 24.0 Å². The van der Waals surface area contributed by atoms with Gasteiger partial charge in [0.1, 0.15) is 0 Å². The van der Waals surface area contributed by atoms with Crippen LogP contribution in [0.15, 0.2) is 48.5 Å². The van der Waals surface area contributed by atoms with Gasteiger partial charge in [-0.3, -0.25) is 4.79 Å². The molecule has 0 saturated carbocycles. The van der Waals surface area contributed by atoms with E-state index in [1.54, 1.807) is 0 Å². The fourth-order valence-corrected chi connectivity index (χ4v) is 2.14. The summed E-state index contributed by atoms with van der Waals surface area (Å²) in [4.78, 5) is 12.1. The zero-order chi connectivity index (χ0) is 13.7. The molecule has 0 aromatic heterocycles. The molecule has 0 N–H and O–H groups in total. The average Bonchev–Trinajstić information content (AvgIpc) is 2.42. The Balaban J connectivity index is 2.04. The van der Waals surface area contributed by atoms with Gasteiger partial charge < -0.3 is 0 Å². The van der Waals surface area contributed by atoms with Gasteiger partial charge in [0.2, 0.25) is 0 Å². The van der Waals surface area contributed by atoms with Crippen molar-refractivity contribution < 1.29 is 4.79 Å². The molecular weight excluding hydrogens is 232 g/mol. The second kappa shape index (κ2) is 6.33. The number of aryl methyl sites for hydroxylation is 2. The van der Waals surface area contributed by atoms with Crippen LogP contribution in [0.5, 0.6) is 0 Å². The molecule has 0 fully saturated rings. The first-order valence-electron chi connectivity index (χ1n) is 6.86.